The third-order valence-corrected chi connectivity index (χ3v) is 3.27. The van der Waals surface area contributed by atoms with E-state index in [2.05, 4.69) is 0 Å². The van der Waals surface area contributed by atoms with Crippen LogP contribution in [-0.4, -0.2) is 49.2 Å². The van der Waals surface area contributed by atoms with Crippen molar-refractivity contribution < 1.29 is 14.3 Å². The molecule has 1 N–H and O–H groups in total. The van der Waals surface area contributed by atoms with Gasteiger partial charge in [-0.15, -0.1) is 0 Å². The highest BCUT2D eigenvalue weighted by atomic mass is 19.1. The lowest BCUT2D eigenvalue weighted by molar-refractivity contribution is -0.141. The van der Waals surface area contributed by atoms with Crippen molar-refractivity contribution in [3.05, 3.63) is 30.1 Å². The normalized spacial score (nSPS) is 21.7. The Hall–Kier alpha value is -1.62. The molecule has 1 aromatic carbocycles. The van der Waals surface area contributed by atoms with Crippen LogP contribution in [0.3, 0.4) is 0 Å². The number of hydrogen-bond acceptors (Lipinski definition) is 3. The van der Waals surface area contributed by atoms with Gasteiger partial charge in [0.25, 0.3) is 0 Å². The fourth-order valence-corrected chi connectivity index (χ4v) is 2.22. The summed E-state index contributed by atoms with van der Waals surface area (Å²) in [5.74, 6) is -1.47. The van der Waals surface area contributed by atoms with Crippen molar-refractivity contribution in [3.8, 4) is 0 Å². The molecule has 1 heterocycles. The van der Waals surface area contributed by atoms with Crippen molar-refractivity contribution in [1.82, 2.24) is 4.90 Å². The van der Waals surface area contributed by atoms with Crippen molar-refractivity contribution in [2.45, 2.75) is 0 Å². The molecule has 1 saturated heterocycles. The zero-order valence-corrected chi connectivity index (χ0v) is 10.3. The van der Waals surface area contributed by atoms with Crippen molar-refractivity contribution in [1.29, 1.82) is 0 Å². The van der Waals surface area contributed by atoms with Gasteiger partial charge >= 0.3 is 5.97 Å². The molecule has 2 rings (SSSR count). The highest BCUT2D eigenvalue weighted by Gasteiger charge is 2.26. The lowest BCUT2D eigenvalue weighted by Gasteiger charge is -2.24. The van der Waals surface area contributed by atoms with Gasteiger partial charge in [-0.2, -0.15) is 0 Å². The van der Waals surface area contributed by atoms with Crippen LogP contribution in [0.25, 0.3) is 0 Å². The highest BCUT2D eigenvalue weighted by molar-refractivity contribution is 5.71. The molecule has 1 atom stereocenters. The van der Waals surface area contributed by atoms with E-state index in [1.165, 1.54) is 12.1 Å². The van der Waals surface area contributed by atoms with Gasteiger partial charge in [0, 0.05) is 31.9 Å². The van der Waals surface area contributed by atoms with E-state index >= 15 is 0 Å². The minimum absolute atomic E-state index is 0.277. The Morgan fingerprint density at radius 2 is 1.94 bits per heavy atom. The monoisotopic (exact) mass is 252 g/mol. The maximum Gasteiger partial charge on any atom is 0.309 e. The Balaban J connectivity index is 2.16. The minimum atomic E-state index is -0.782. The van der Waals surface area contributed by atoms with Crippen LogP contribution < -0.4 is 4.90 Å². The molecule has 98 valence electrons. The number of halogens is 1. The van der Waals surface area contributed by atoms with Crippen LogP contribution in [0.5, 0.6) is 0 Å². The van der Waals surface area contributed by atoms with E-state index in [0.29, 0.717) is 13.1 Å². The number of anilines is 1. The van der Waals surface area contributed by atoms with E-state index < -0.39 is 11.9 Å². The molecule has 0 saturated carbocycles. The second-order valence-corrected chi connectivity index (χ2v) is 4.72. The van der Waals surface area contributed by atoms with E-state index in [1.807, 2.05) is 16.8 Å². The number of rotatable bonds is 2. The van der Waals surface area contributed by atoms with Crippen LogP contribution >= 0.6 is 0 Å². The molecule has 1 aromatic rings. The molecule has 5 heteroatoms. The SMILES string of the molecule is CN1CCN(c2ccc(F)cc2)CC(C(=O)O)C1. The van der Waals surface area contributed by atoms with Crippen molar-refractivity contribution >= 4 is 11.7 Å². The highest BCUT2D eigenvalue weighted by Crippen LogP contribution is 2.19. The number of nitrogens with zero attached hydrogens (tertiary/aromatic N) is 2. The fraction of sp³-hybridized carbons (Fsp3) is 0.462. The molecular formula is C13H17FN2O2. The van der Waals surface area contributed by atoms with Gasteiger partial charge < -0.3 is 14.9 Å². The van der Waals surface area contributed by atoms with E-state index in [1.54, 1.807) is 12.1 Å². The molecule has 0 radical (unpaired) electrons. The molecule has 1 fully saturated rings. The van der Waals surface area contributed by atoms with E-state index in [9.17, 15) is 14.3 Å². The topological polar surface area (TPSA) is 43.8 Å². The van der Waals surface area contributed by atoms with Gasteiger partial charge in [-0.05, 0) is 31.3 Å². The third-order valence-electron chi connectivity index (χ3n) is 3.27. The van der Waals surface area contributed by atoms with Crippen molar-refractivity contribution in [2.24, 2.45) is 5.92 Å². The van der Waals surface area contributed by atoms with Crippen LogP contribution in [0.4, 0.5) is 10.1 Å². The van der Waals surface area contributed by atoms with Crippen LogP contribution in [0.1, 0.15) is 0 Å². The molecule has 0 aliphatic carbocycles. The Morgan fingerprint density at radius 3 is 2.56 bits per heavy atom. The van der Waals surface area contributed by atoms with Gasteiger partial charge in [0.2, 0.25) is 0 Å². The number of aliphatic carboxylic acids is 1. The molecule has 0 spiro atoms. The second-order valence-electron chi connectivity index (χ2n) is 4.72. The van der Waals surface area contributed by atoms with Gasteiger partial charge in [0.1, 0.15) is 5.82 Å². The first-order chi connectivity index (χ1) is 8.56. The number of carboxylic acid groups (broad SMARTS) is 1. The molecule has 0 bridgehead atoms. The average molecular weight is 252 g/mol. The summed E-state index contributed by atoms with van der Waals surface area (Å²) in [6.07, 6.45) is 0. The largest absolute Gasteiger partial charge is 0.481 e. The number of benzene rings is 1. The Bertz CT molecular complexity index is 422. The number of carboxylic acids is 1. The molecule has 0 aromatic heterocycles. The Morgan fingerprint density at radius 1 is 1.28 bits per heavy atom. The first-order valence-electron chi connectivity index (χ1n) is 5.98. The lowest BCUT2D eigenvalue weighted by Crippen LogP contribution is -2.33. The first kappa shape index (κ1) is 12.8. The fourth-order valence-electron chi connectivity index (χ4n) is 2.22. The summed E-state index contributed by atoms with van der Waals surface area (Å²) in [5, 5.41) is 9.18. The summed E-state index contributed by atoms with van der Waals surface area (Å²) < 4.78 is 12.9. The van der Waals surface area contributed by atoms with Crippen molar-refractivity contribution in [2.75, 3.05) is 38.1 Å². The molecule has 0 amide bonds. The molecule has 18 heavy (non-hydrogen) atoms. The summed E-state index contributed by atoms with van der Waals surface area (Å²) in [7, 11) is 1.92. The molecule has 4 nitrogen and oxygen atoms in total. The van der Waals surface area contributed by atoms with Gasteiger partial charge in [-0.1, -0.05) is 0 Å². The van der Waals surface area contributed by atoms with Gasteiger partial charge in [0.05, 0.1) is 5.92 Å². The zero-order valence-electron chi connectivity index (χ0n) is 10.3. The number of carbonyl (C=O) groups is 1. The molecule has 1 aliphatic heterocycles. The summed E-state index contributed by atoms with van der Waals surface area (Å²) in [6, 6.07) is 6.19. The van der Waals surface area contributed by atoms with E-state index in [-0.39, 0.29) is 5.82 Å². The summed E-state index contributed by atoms with van der Waals surface area (Å²) in [4.78, 5) is 15.2. The predicted octanol–water partition coefficient (Wildman–Crippen LogP) is 1.28. The van der Waals surface area contributed by atoms with Crippen LogP contribution in [0.15, 0.2) is 24.3 Å². The molecular weight excluding hydrogens is 235 g/mol. The van der Waals surface area contributed by atoms with Crippen LogP contribution in [0, 0.1) is 11.7 Å². The molecule has 1 aliphatic rings. The van der Waals surface area contributed by atoms with Gasteiger partial charge in [-0.25, -0.2) is 4.39 Å². The van der Waals surface area contributed by atoms with Gasteiger partial charge in [-0.3, -0.25) is 4.79 Å². The lowest BCUT2D eigenvalue weighted by atomic mass is 10.1. The first-order valence-corrected chi connectivity index (χ1v) is 5.98. The summed E-state index contributed by atoms with van der Waals surface area (Å²) in [6.45, 7) is 2.57. The average Bonchev–Trinajstić information content (AvgIpc) is 2.52. The summed E-state index contributed by atoms with van der Waals surface area (Å²) in [5.41, 5.74) is 0.873. The van der Waals surface area contributed by atoms with Gasteiger partial charge in [0.15, 0.2) is 0 Å². The number of likely N-dealkylation sites (N-methyl/N-ethyl adjacent to an activating group) is 1. The summed E-state index contributed by atoms with van der Waals surface area (Å²) >= 11 is 0. The Labute approximate surface area is 106 Å². The zero-order chi connectivity index (χ0) is 13.1. The second kappa shape index (κ2) is 5.35. The quantitative estimate of drug-likeness (QED) is 0.861. The predicted molar refractivity (Wildman–Crippen MR) is 67.2 cm³/mol. The van der Waals surface area contributed by atoms with Crippen LogP contribution in [-0.2, 0) is 4.79 Å². The molecule has 1 unspecified atom stereocenters. The van der Waals surface area contributed by atoms with Crippen LogP contribution in [0.2, 0.25) is 0 Å². The van der Waals surface area contributed by atoms with Crippen molar-refractivity contribution in [3.63, 3.8) is 0 Å². The van der Waals surface area contributed by atoms with E-state index in [0.717, 1.165) is 18.8 Å². The Kier molecular flexibility index (Phi) is 3.81. The standard InChI is InChI=1S/C13H17FN2O2/c1-15-6-7-16(9-10(8-15)13(17)18)12-4-2-11(14)3-5-12/h2-5,10H,6-9H2,1H3,(H,17,18). The third kappa shape index (κ3) is 2.98. The minimum Gasteiger partial charge on any atom is -0.481 e. The van der Waals surface area contributed by atoms with E-state index in [4.69, 9.17) is 0 Å². The maximum atomic E-state index is 12.9. The number of hydrogen-bond donors (Lipinski definition) is 1. The maximum absolute atomic E-state index is 12.9. The smallest absolute Gasteiger partial charge is 0.309 e.